The van der Waals surface area contributed by atoms with Crippen LogP contribution in [-0.4, -0.2) is 21.8 Å². The van der Waals surface area contributed by atoms with Gasteiger partial charge in [-0.3, -0.25) is 4.79 Å². The quantitative estimate of drug-likeness (QED) is 0.806. The Balaban J connectivity index is 1.84. The topological polar surface area (TPSA) is 46.3 Å². The maximum absolute atomic E-state index is 12.5. The van der Waals surface area contributed by atoms with Gasteiger partial charge in [0, 0.05) is 12.2 Å². The molecule has 1 amide bonds. The van der Waals surface area contributed by atoms with Gasteiger partial charge < -0.3 is 9.32 Å². The smallest absolute Gasteiger partial charge is 0.257 e. The van der Waals surface area contributed by atoms with E-state index in [9.17, 15) is 4.79 Å². The zero-order valence-electron chi connectivity index (χ0n) is 10.3. The summed E-state index contributed by atoms with van der Waals surface area (Å²) >= 11 is 5.99. The minimum Gasteiger partial charge on any atom is -0.467 e. The van der Waals surface area contributed by atoms with Crippen LogP contribution in [-0.2, 0) is 6.54 Å². The van der Waals surface area contributed by atoms with Gasteiger partial charge in [0.15, 0.2) is 0 Å². The summed E-state index contributed by atoms with van der Waals surface area (Å²) in [5, 5.41) is 0.248. The Morgan fingerprint density at radius 2 is 2.26 bits per heavy atom. The van der Waals surface area contributed by atoms with E-state index in [1.165, 1.54) is 0 Å². The van der Waals surface area contributed by atoms with Crippen molar-refractivity contribution < 1.29 is 9.21 Å². The monoisotopic (exact) mass is 276 g/mol. The van der Waals surface area contributed by atoms with Crippen LogP contribution in [0.25, 0.3) is 0 Å². The van der Waals surface area contributed by atoms with Gasteiger partial charge in [0.2, 0.25) is 0 Å². The van der Waals surface area contributed by atoms with Crippen LogP contribution in [0.3, 0.4) is 0 Å². The number of amides is 1. The zero-order chi connectivity index (χ0) is 13.2. The van der Waals surface area contributed by atoms with Crippen molar-refractivity contribution in [3.63, 3.8) is 0 Å². The van der Waals surface area contributed by atoms with Gasteiger partial charge in [0.05, 0.1) is 18.4 Å². The van der Waals surface area contributed by atoms with Gasteiger partial charge in [-0.25, -0.2) is 4.98 Å². The molecule has 0 radical (unpaired) electrons. The second kappa shape index (κ2) is 5.05. The molecule has 19 heavy (non-hydrogen) atoms. The summed E-state index contributed by atoms with van der Waals surface area (Å²) in [5.41, 5.74) is 0.447. The molecule has 0 N–H and O–H groups in total. The van der Waals surface area contributed by atoms with Crippen LogP contribution in [0, 0.1) is 0 Å². The fourth-order valence-corrected chi connectivity index (χ4v) is 2.22. The minimum atomic E-state index is -0.0861. The molecule has 3 rings (SSSR count). The van der Waals surface area contributed by atoms with Gasteiger partial charge in [0.1, 0.15) is 10.9 Å². The first-order valence-corrected chi connectivity index (χ1v) is 6.57. The number of carbonyl (C=O) groups excluding carboxylic acids is 1. The lowest BCUT2D eigenvalue weighted by Gasteiger charge is -2.21. The van der Waals surface area contributed by atoms with Crippen molar-refractivity contribution in [2.24, 2.45) is 0 Å². The van der Waals surface area contributed by atoms with Crippen molar-refractivity contribution in [2.45, 2.75) is 25.4 Å². The second-order valence-corrected chi connectivity index (χ2v) is 4.94. The Morgan fingerprint density at radius 1 is 1.42 bits per heavy atom. The Bertz CT molecular complexity index is 579. The molecule has 0 atom stereocenters. The Hall–Kier alpha value is -1.81. The number of hydrogen-bond acceptors (Lipinski definition) is 3. The summed E-state index contributed by atoms with van der Waals surface area (Å²) in [6, 6.07) is 7.40. The highest BCUT2D eigenvalue weighted by Crippen LogP contribution is 2.30. The number of halogens is 1. The maximum atomic E-state index is 12.5. The van der Waals surface area contributed by atoms with Crippen LogP contribution < -0.4 is 0 Å². The third-order valence-electron chi connectivity index (χ3n) is 3.14. The van der Waals surface area contributed by atoms with E-state index in [4.69, 9.17) is 16.0 Å². The second-order valence-electron chi connectivity index (χ2n) is 4.59. The van der Waals surface area contributed by atoms with Gasteiger partial charge in [-0.05, 0) is 37.1 Å². The summed E-state index contributed by atoms with van der Waals surface area (Å²) in [6.07, 6.45) is 5.25. The number of nitrogens with zero attached hydrogens (tertiary/aromatic N) is 2. The van der Waals surface area contributed by atoms with Crippen molar-refractivity contribution >= 4 is 17.5 Å². The Morgan fingerprint density at radius 3 is 2.89 bits per heavy atom. The van der Waals surface area contributed by atoms with Gasteiger partial charge in [-0.15, -0.1) is 0 Å². The molecular formula is C14H13ClN2O2. The lowest BCUT2D eigenvalue weighted by Crippen LogP contribution is -2.32. The molecule has 2 aromatic heterocycles. The molecule has 0 unspecified atom stereocenters. The lowest BCUT2D eigenvalue weighted by atomic mass is 10.2. The van der Waals surface area contributed by atoms with Gasteiger partial charge >= 0.3 is 0 Å². The summed E-state index contributed by atoms with van der Waals surface area (Å²) in [6.45, 7) is 0.474. The number of carbonyl (C=O) groups is 1. The third kappa shape index (κ3) is 2.63. The summed E-state index contributed by atoms with van der Waals surface area (Å²) in [4.78, 5) is 18.3. The van der Waals surface area contributed by atoms with Gasteiger partial charge in [0.25, 0.3) is 5.91 Å². The minimum absolute atomic E-state index is 0.0861. The lowest BCUT2D eigenvalue weighted by molar-refractivity contribution is 0.0717. The molecule has 5 heteroatoms. The van der Waals surface area contributed by atoms with Crippen molar-refractivity contribution in [2.75, 3.05) is 0 Å². The maximum Gasteiger partial charge on any atom is 0.257 e. The highest BCUT2D eigenvalue weighted by Gasteiger charge is 2.34. The number of pyridine rings is 1. The summed E-state index contributed by atoms with van der Waals surface area (Å²) in [7, 11) is 0. The normalized spacial score (nSPS) is 14.4. The van der Waals surface area contributed by atoms with Crippen molar-refractivity contribution in [3.05, 3.63) is 53.2 Å². The molecule has 4 nitrogen and oxygen atoms in total. The highest BCUT2D eigenvalue weighted by molar-refractivity contribution is 6.32. The van der Waals surface area contributed by atoms with Crippen LogP contribution in [0.2, 0.25) is 5.15 Å². The highest BCUT2D eigenvalue weighted by atomic mass is 35.5. The molecule has 98 valence electrons. The molecule has 0 bridgehead atoms. The summed E-state index contributed by atoms with van der Waals surface area (Å²) < 4.78 is 5.32. The number of hydrogen-bond donors (Lipinski definition) is 0. The van der Waals surface area contributed by atoms with E-state index >= 15 is 0 Å². The van der Waals surface area contributed by atoms with Crippen molar-refractivity contribution in [3.8, 4) is 0 Å². The van der Waals surface area contributed by atoms with Crippen LogP contribution in [0.15, 0.2) is 41.1 Å². The third-order valence-corrected chi connectivity index (χ3v) is 3.45. The molecule has 2 heterocycles. The molecule has 1 aliphatic carbocycles. The van der Waals surface area contributed by atoms with E-state index < -0.39 is 0 Å². The first kappa shape index (κ1) is 12.2. The first-order chi connectivity index (χ1) is 9.25. The van der Waals surface area contributed by atoms with Crippen molar-refractivity contribution in [1.29, 1.82) is 0 Å². The van der Waals surface area contributed by atoms with E-state index in [1.807, 2.05) is 17.0 Å². The van der Waals surface area contributed by atoms with Gasteiger partial charge in [-0.2, -0.15) is 0 Å². The molecule has 1 fully saturated rings. The predicted molar refractivity (Wildman–Crippen MR) is 70.9 cm³/mol. The zero-order valence-corrected chi connectivity index (χ0v) is 11.0. The molecular weight excluding hydrogens is 264 g/mol. The standard InChI is InChI=1S/C14H13ClN2O2/c15-13-12(4-1-7-16-13)14(18)17(10-5-6-10)9-11-3-2-8-19-11/h1-4,7-8,10H,5-6,9H2. The molecule has 2 aromatic rings. The fraction of sp³-hybridized carbons (Fsp3) is 0.286. The molecule has 0 aliphatic heterocycles. The van der Waals surface area contributed by atoms with Crippen LogP contribution >= 0.6 is 11.6 Å². The average Bonchev–Trinajstić information content (AvgIpc) is 3.13. The number of rotatable bonds is 4. The molecule has 0 spiro atoms. The summed E-state index contributed by atoms with van der Waals surface area (Å²) in [5.74, 6) is 0.692. The van der Waals surface area contributed by atoms with Gasteiger partial charge in [-0.1, -0.05) is 11.6 Å². The molecule has 1 aliphatic rings. The molecule has 0 saturated heterocycles. The number of furan rings is 1. The van der Waals surface area contributed by atoms with Crippen LogP contribution in [0.4, 0.5) is 0 Å². The van der Waals surface area contributed by atoms with Crippen LogP contribution in [0.1, 0.15) is 29.0 Å². The van der Waals surface area contributed by atoms with E-state index in [0.717, 1.165) is 18.6 Å². The Labute approximate surface area is 116 Å². The van der Waals surface area contributed by atoms with E-state index in [2.05, 4.69) is 4.98 Å². The van der Waals surface area contributed by atoms with E-state index in [-0.39, 0.29) is 17.1 Å². The van der Waals surface area contributed by atoms with Crippen molar-refractivity contribution in [1.82, 2.24) is 9.88 Å². The number of aromatic nitrogens is 1. The van der Waals surface area contributed by atoms with E-state index in [1.54, 1.807) is 24.6 Å². The predicted octanol–water partition coefficient (Wildman–Crippen LogP) is 3.13. The van der Waals surface area contributed by atoms with Crippen LogP contribution in [0.5, 0.6) is 0 Å². The fourth-order valence-electron chi connectivity index (χ4n) is 2.02. The van der Waals surface area contributed by atoms with E-state index in [0.29, 0.717) is 12.1 Å². The molecule has 0 aromatic carbocycles. The Kier molecular flexibility index (Phi) is 3.25. The molecule has 1 saturated carbocycles. The average molecular weight is 277 g/mol. The largest absolute Gasteiger partial charge is 0.467 e. The SMILES string of the molecule is O=C(c1cccnc1Cl)N(Cc1ccco1)C1CC1. The first-order valence-electron chi connectivity index (χ1n) is 6.19.